The van der Waals surface area contributed by atoms with Gasteiger partial charge in [0.05, 0.1) is 0 Å². The lowest BCUT2D eigenvalue weighted by Crippen LogP contribution is -2.46. The number of halogens is 6. The molecule has 1 fully saturated rings. The number of aromatic amines is 1. The van der Waals surface area contributed by atoms with Crippen LogP contribution in [-0.4, -0.2) is 75.6 Å². The Morgan fingerprint density at radius 3 is 1.89 bits per heavy atom. The summed E-state index contributed by atoms with van der Waals surface area (Å²) in [7, 11) is 0. The topological polar surface area (TPSA) is 127 Å². The number of pyridine rings is 2. The highest BCUT2D eigenvalue weighted by atomic mass is 19.4. The number of hydrogen-bond acceptors (Lipinski definition) is 6. The molecule has 1 aliphatic rings. The molecular formula is C21H24F6N4O5. The van der Waals surface area contributed by atoms with Gasteiger partial charge in [-0.05, 0) is 37.6 Å². The van der Waals surface area contributed by atoms with E-state index in [1.165, 1.54) is 0 Å². The van der Waals surface area contributed by atoms with E-state index in [2.05, 4.69) is 19.8 Å². The molecule has 0 bridgehead atoms. The quantitative estimate of drug-likeness (QED) is 0.522. The van der Waals surface area contributed by atoms with Crippen LogP contribution in [0.2, 0.25) is 0 Å². The van der Waals surface area contributed by atoms with Gasteiger partial charge in [-0.3, -0.25) is 9.69 Å². The Bertz CT molecular complexity index is 1040. The number of hydrogen-bond donors (Lipinski definition) is 3. The summed E-state index contributed by atoms with van der Waals surface area (Å²) in [4.78, 5) is 41.8. The van der Waals surface area contributed by atoms with Gasteiger partial charge in [0, 0.05) is 50.2 Å². The Labute approximate surface area is 201 Å². The van der Waals surface area contributed by atoms with E-state index in [1.54, 1.807) is 0 Å². The standard InChI is InChI=1S/C17H22N4O.2C2HF3O2/c1-13-11-15(17(22)19-14(13)2)12-20-7-9-21(10-8-20)16-5-3-4-6-18-16;2*3-2(4,5)1(6)7/h3-6,11H,7-10,12H2,1-2H3,(H,19,22);2*(H,6,7). The summed E-state index contributed by atoms with van der Waals surface area (Å²) in [6.07, 6.45) is -8.34. The maximum absolute atomic E-state index is 12.0. The highest BCUT2D eigenvalue weighted by Gasteiger charge is 2.38. The van der Waals surface area contributed by atoms with E-state index in [1.807, 2.05) is 44.3 Å². The lowest BCUT2D eigenvalue weighted by Gasteiger charge is -2.35. The summed E-state index contributed by atoms with van der Waals surface area (Å²) in [6, 6.07) is 8.01. The molecule has 200 valence electrons. The summed E-state index contributed by atoms with van der Waals surface area (Å²) in [5, 5.41) is 14.2. The van der Waals surface area contributed by atoms with Gasteiger partial charge in [0.1, 0.15) is 5.82 Å². The number of anilines is 1. The van der Waals surface area contributed by atoms with Crippen LogP contribution in [0, 0.1) is 13.8 Å². The smallest absolute Gasteiger partial charge is 0.475 e. The molecule has 0 unspecified atom stereocenters. The number of piperazine rings is 1. The van der Waals surface area contributed by atoms with Crippen LogP contribution in [0.1, 0.15) is 16.8 Å². The minimum absolute atomic E-state index is 0.0373. The van der Waals surface area contributed by atoms with Gasteiger partial charge < -0.3 is 20.1 Å². The average molecular weight is 526 g/mol. The monoisotopic (exact) mass is 526 g/mol. The minimum atomic E-state index is -5.08. The zero-order valence-electron chi connectivity index (χ0n) is 19.2. The fraction of sp³-hybridized carbons (Fsp3) is 0.429. The van der Waals surface area contributed by atoms with Crippen molar-refractivity contribution in [2.75, 3.05) is 31.1 Å². The molecule has 0 spiro atoms. The van der Waals surface area contributed by atoms with Crippen LogP contribution >= 0.6 is 0 Å². The molecule has 1 saturated heterocycles. The Morgan fingerprint density at radius 1 is 0.972 bits per heavy atom. The molecule has 2 aromatic heterocycles. The second-order valence-electron chi connectivity index (χ2n) is 7.49. The Hall–Kier alpha value is -3.62. The van der Waals surface area contributed by atoms with Gasteiger partial charge in [-0.15, -0.1) is 0 Å². The van der Waals surface area contributed by atoms with Crippen molar-refractivity contribution in [1.82, 2.24) is 14.9 Å². The van der Waals surface area contributed by atoms with Crippen LogP contribution in [0.5, 0.6) is 0 Å². The molecule has 1 aliphatic heterocycles. The maximum Gasteiger partial charge on any atom is 0.490 e. The second-order valence-corrected chi connectivity index (χ2v) is 7.49. The molecule has 2 aromatic rings. The fourth-order valence-electron chi connectivity index (χ4n) is 2.82. The molecule has 0 aliphatic carbocycles. The summed E-state index contributed by atoms with van der Waals surface area (Å²) >= 11 is 0. The number of aromatic nitrogens is 2. The van der Waals surface area contributed by atoms with Crippen LogP contribution in [0.4, 0.5) is 32.2 Å². The molecule has 3 N–H and O–H groups in total. The van der Waals surface area contributed by atoms with Crippen molar-refractivity contribution in [3.05, 3.63) is 57.6 Å². The Morgan fingerprint density at radius 2 is 1.47 bits per heavy atom. The molecule has 3 heterocycles. The highest BCUT2D eigenvalue weighted by Crippen LogP contribution is 2.15. The predicted molar refractivity (Wildman–Crippen MR) is 116 cm³/mol. The number of aliphatic carboxylic acids is 2. The third-order valence-corrected chi connectivity index (χ3v) is 4.80. The average Bonchev–Trinajstić information content (AvgIpc) is 2.78. The first-order chi connectivity index (χ1) is 16.5. The van der Waals surface area contributed by atoms with E-state index < -0.39 is 24.3 Å². The first kappa shape index (κ1) is 30.4. The molecule has 15 heteroatoms. The van der Waals surface area contributed by atoms with Crippen LogP contribution in [0.15, 0.2) is 35.3 Å². The number of aryl methyl sites for hydroxylation is 2. The van der Waals surface area contributed by atoms with E-state index >= 15 is 0 Å². The number of carbonyl (C=O) groups is 2. The van der Waals surface area contributed by atoms with Crippen molar-refractivity contribution < 1.29 is 46.1 Å². The highest BCUT2D eigenvalue weighted by molar-refractivity contribution is 5.73. The van der Waals surface area contributed by atoms with Gasteiger partial charge in [-0.1, -0.05) is 6.07 Å². The summed E-state index contributed by atoms with van der Waals surface area (Å²) < 4.78 is 63.5. The van der Waals surface area contributed by atoms with Gasteiger partial charge in [-0.25, -0.2) is 14.6 Å². The fourth-order valence-corrected chi connectivity index (χ4v) is 2.82. The van der Waals surface area contributed by atoms with Gasteiger partial charge in [-0.2, -0.15) is 26.3 Å². The molecule has 0 amide bonds. The normalized spacial score (nSPS) is 14.2. The van der Waals surface area contributed by atoms with Crippen LogP contribution in [0.3, 0.4) is 0 Å². The van der Waals surface area contributed by atoms with Crippen molar-refractivity contribution in [2.45, 2.75) is 32.7 Å². The number of nitrogens with zero attached hydrogens (tertiary/aromatic N) is 3. The molecule has 0 radical (unpaired) electrons. The number of alkyl halides is 6. The number of carboxylic acids is 2. The van der Waals surface area contributed by atoms with Crippen LogP contribution < -0.4 is 10.5 Å². The molecule has 36 heavy (non-hydrogen) atoms. The number of H-pyrrole nitrogens is 1. The van der Waals surface area contributed by atoms with Gasteiger partial charge >= 0.3 is 24.3 Å². The van der Waals surface area contributed by atoms with E-state index in [0.717, 1.165) is 48.8 Å². The maximum atomic E-state index is 12.0. The van der Waals surface area contributed by atoms with E-state index in [9.17, 15) is 31.1 Å². The first-order valence-electron chi connectivity index (χ1n) is 10.2. The number of carboxylic acid groups (broad SMARTS) is 2. The first-order valence-corrected chi connectivity index (χ1v) is 10.2. The van der Waals surface area contributed by atoms with Crippen molar-refractivity contribution in [2.24, 2.45) is 0 Å². The third kappa shape index (κ3) is 10.3. The molecule has 0 atom stereocenters. The Balaban J connectivity index is 0.000000383. The van der Waals surface area contributed by atoms with Crippen molar-refractivity contribution in [3.63, 3.8) is 0 Å². The minimum Gasteiger partial charge on any atom is -0.475 e. The van der Waals surface area contributed by atoms with Crippen LogP contribution in [-0.2, 0) is 16.1 Å². The van der Waals surface area contributed by atoms with Gasteiger partial charge in [0.25, 0.3) is 5.56 Å². The third-order valence-electron chi connectivity index (χ3n) is 4.80. The molecule has 0 saturated carbocycles. The number of rotatable bonds is 3. The van der Waals surface area contributed by atoms with E-state index in [4.69, 9.17) is 19.8 Å². The molecular weight excluding hydrogens is 502 g/mol. The van der Waals surface area contributed by atoms with Crippen molar-refractivity contribution in [1.29, 1.82) is 0 Å². The summed E-state index contributed by atoms with van der Waals surface area (Å²) in [5.41, 5.74) is 2.99. The summed E-state index contributed by atoms with van der Waals surface area (Å²) in [6.45, 7) is 8.47. The Kier molecular flexibility index (Phi) is 10.9. The van der Waals surface area contributed by atoms with Gasteiger partial charge in [0.15, 0.2) is 0 Å². The van der Waals surface area contributed by atoms with E-state index in [0.29, 0.717) is 6.54 Å². The lowest BCUT2D eigenvalue weighted by molar-refractivity contribution is -0.193. The molecule has 9 nitrogen and oxygen atoms in total. The second kappa shape index (κ2) is 12.9. The zero-order chi connectivity index (χ0) is 27.7. The van der Waals surface area contributed by atoms with Crippen molar-refractivity contribution >= 4 is 17.8 Å². The largest absolute Gasteiger partial charge is 0.490 e. The van der Waals surface area contributed by atoms with Gasteiger partial charge in [0.2, 0.25) is 0 Å². The number of nitrogens with one attached hydrogen (secondary N) is 1. The molecule has 0 aromatic carbocycles. The zero-order valence-corrected chi connectivity index (χ0v) is 19.2. The SMILES string of the molecule is Cc1cc(CN2CCN(c3ccccn3)CC2)c(=O)[nH]c1C.O=C(O)C(F)(F)F.O=C(O)C(F)(F)F. The van der Waals surface area contributed by atoms with Crippen molar-refractivity contribution in [3.8, 4) is 0 Å². The van der Waals surface area contributed by atoms with Crippen LogP contribution in [0.25, 0.3) is 0 Å². The lowest BCUT2D eigenvalue weighted by atomic mass is 10.1. The van der Waals surface area contributed by atoms with E-state index in [-0.39, 0.29) is 5.56 Å². The predicted octanol–water partition coefficient (Wildman–Crippen LogP) is 2.98. The summed E-state index contributed by atoms with van der Waals surface area (Å²) in [5.74, 6) is -4.48. The molecule has 3 rings (SSSR count).